The fourth-order valence-corrected chi connectivity index (χ4v) is 2.49. The molecule has 0 heterocycles. The van der Waals surface area contributed by atoms with E-state index in [-0.39, 0.29) is 6.04 Å². The monoisotopic (exact) mass is 285 g/mol. The lowest BCUT2D eigenvalue weighted by molar-refractivity contribution is 0.372. The Kier molecular flexibility index (Phi) is 6.46. The largest absolute Gasteiger partial charge is 0.495 e. The van der Waals surface area contributed by atoms with Gasteiger partial charge in [-0.3, -0.25) is 0 Å². The molecule has 2 atom stereocenters. The quantitative estimate of drug-likeness (QED) is 0.820. The Labute approximate surface area is 121 Å². The van der Waals surface area contributed by atoms with Crippen LogP contribution in [0.5, 0.6) is 11.5 Å². The van der Waals surface area contributed by atoms with Crippen molar-refractivity contribution in [3.8, 4) is 11.5 Å². The summed E-state index contributed by atoms with van der Waals surface area (Å²) < 4.78 is 10.7. The highest BCUT2D eigenvalue weighted by Gasteiger charge is 2.20. The molecule has 4 heteroatoms. The van der Waals surface area contributed by atoms with Gasteiger partial charge in [0.05, 0.1) is 14.2 Å². The number of ether oxygens (including phenoxy) is 2. The second kappa shape index (κ2) is 7.61. The van der Waals surface area contributed by atoms with Crippen molar-refractivity contribution in [1.29, 1.82) is 0 Å². The molecule has 0 fully saturated rings. The first-order valence-electron chi connectivity index (χ1n) is 6.66. The minimum Gasteiger partial charge on any atom is -0.495 e. The molecule has 0 aliphatic heterocycles. The molecule has 1 aromatic carbocycles. The summed E-state index contributed by atoms with van der Waals surface area (Å²) in [6.07, 6.45) is 2.20. The molecular formula is C15H24ClNO2. The average Bonchev–Trinajstić information content (AvgIpc) is 2.44. The van der Waals surface area contributed by atoms with Crippen LogP contribution in [0.25, 0.3) is 0 Å². The zero-order chi connectivity index (χ0) is 14.4. The zero-order valence-corrected chi connectivity index (χ0v) is 13.2. The first-order valence-corrected chi connectivity index (χ1v) is 7.04. The van der Waals surface area contributed by atoms with Crippen LogP contribution in [0.1, 0.15) is 38.3 Å². The summed E-state index contributed by atoms with van der Waals surface area (Å²) in [4.78, 5) is 0. The normalized spacial score (nSPS) is 14.0. The molecule has 2 unspecified atom stereocenters. The number of halogens is 1. The molecule has 1 N–H and O–H groups in total. The van der Waals surface area contributed by atoms with Crippen LogP contribution in [0.3, 0.4) is 0 Å². The van der Waals surface area contributed by atoms with E-state index in [2.05, 4.69) is 19.2 Å². The third-order valence-corrected chi connectivity index (χ3v) is 3.93. The lowest BCUT2D eigenvalue weighted by atomic mass is 9.93. The molecule has 0 bridgehead atoms. The van der Waals surface area contributed by atoms with Crippen LogP contribution in [-0.2, 0) is 0 Å². The van der Waals surface area contributed by atoms with E-state index in [0.717, 1.165) is 18.4 Å². The first-order chi connectivity index (χ1) is 9.08. The summed E-state index contributed by atoms with van der Waals surface area (Å²) in [5, 5.41) is 3.88. The van der Waals surface area contributed by atoms with Crippen molar-refractivity contribution in [3.63, 3.8) is 0 Å². The van der Waals surface area contributed by atoms with Crippen LogP contribution in [-0.4, -0.2) is 21.3 Å². The van der Waals surface area contributed by atoms with Crippen molar-refractivity contribution in [2.24, 2.45) is 5.92 Å². The summed E-state index contributed by atoms with van der Waals surface area (Å²) in [7, 11) is 5.21. The highest BCUT2D eigenvalue weighted by molar-refractivity contribution is 6.33. The van der Waals surface area contributed by atoms with Gasteiger partial charge < -0.3 is 14.8 Å². The molecule has 0 saturated heterocycles. The van der Waals surface area contributed by atoms with Gasteiger partial charge >= 0.3 is 0 Å². The van der Waals surface area contributed by atoms with Crippen LogP contribution in [0.4, 0.5) is 0 Å². The standard InChI is InChI=1S/C15H24ClNO2/c1-6-10(2)9-12(17-3)11-7-8-13(18-4)14(16)15(11)19-5/h7-8,10,12,17H,6,9H2,1-5H3. The number of benzene rings is 1. The van der Waals surface area contributed by atoms with Gasteiger partial charge in [-0.25, -0.2) is 0 Å². The van der Waals surface area contributed by atoms with Crippen molar-refractivity contribution >= 4 is 11.6 Å². The minimum absolute atomic E-state index is 0.230. The van der Waals surface area contributed by atoms with Crippen molar-refractivity contribution in [2.45, 2.75) is 32.7 Å². The van der Waals surface area contributed by atoms with Crippen LogP contribution < -0.4 is 14.8 Å². The number of rotatable bonds is 7. The Bertz CT molecular complexity index is 409. The molecule has 19 heavy (non-hydrogen) atoms. The Morgan fingerprint density at radius 2 is 1.95 bits per heavy atom. The minimum atomic E-state index is 0.230. The lowest BCUT2D eigenvalue weighted by Gasteiger charge is -2.23. The number of nitrogens with one attached hydrogen (secondary N) is 1. The number of hydrogen-bond donors (Lipinski definition) is 1. The van der Waals surface area contributed by atoms with E-state index in [4.69, 9.17) is 21.1 Å². The van der Waals surface area contributed by atoms with E-state index >= 15 is 0 Å². The summed E-state index contributed by atoms with van der Waals surface area (Å²) >= 11 is 6.31. The number of methoxy groups -OCH3 is 2. The molecule has 1 aromatic rings. The molecule has 1 rings (SSSR count). The van der Waals surface area contributed by atoms with Crippen LogP contribution >= 0.6 is 11.6 Å². The highest BCUT2D eigenvalue weighted by Crippen LogP contribution is 2.40. The van der Waals surface area contributed by atoms with Crippen LogP contribution in [0, 0.1) is 5.92 Å². The molecule has 0 saturated carbocycles. The van der Waals surface area contributed by atoms with E-state index < -0.39 is 0 Å². The molecule has 0 aliphatic rings. The molecular weight excluding hydrogens is 262 g/mol. The Balaban J connectivity index is 3.13. The predicted molar refractivity (Wildman–Crippen MR) is 80.4 cm³/mol. The third-order valence-electron chi connectivity index (χ3n) is 3.58. The van der Waals surface area contributed by atoms with Gasteiger partial charge in [-0.15, -0.1) is 0 Å². The van der Waals surface area contributed by atoms with Gasteiger partial charge in [0, 0.05) is 11.6 Å². The number of hydrogen-bond acceptors (Lipinski definition) is 3. The topological polar surface area (TPSA) is 30.5 Å². The van der Waals surface area contributed by atoms with Crippen LogP contribution in [0.2, 0.25) is 5.02 Å². The average molecular weight is 286 g/mol. The van der Waals surface area contributed by atoms with Gasteiger partial charge in [0.25, 0.3) is 0 Å². The maximum absolute atomic E-state index is 6.31. The zero-order valence-electron chi connectivity index (χ0n) is 12.4. The maximum atomic E-state index is 6.31. The van der Waals surface area contributed by atoms with Gasteiger partial charge in [-0.2, -0.15) is 0 Å². The predicted octanol–water partition coefficient (Wildman–Crippen LogP) is 4.05. The Hall–Kier alpha value is -0.930. The van der Waals surface area contributed by atoms with Gasteiger partial charge in [0.2, 0.25) is 0 Å². The highest BCUT2D eigenvalue weighted by atomic mass is 35.5. The van der Waals surface area contributed by atoms with Gasteiger partial charge in [-0.05, 0) is 31.5 Å². The molecule has 0 aromatic heterocycles. The van der Waals surface area contributed by atoms with E-state index in [9.17, 15) is 0 Å². The van der Waals surface area contributed by atoms with E-state index in [0.29, 0.717) is 22.4 Å². The smallest absolute Gasteiger partial charge is 0.146 e. The summed E-state index contributed by atoms with van der Waals surface area (Å²) in [5.74, 6) is 1.98. The molecule has 0 aliphatic carbocycles. The second-order valence-electron chi connectivity index (χ2n) is 4.79. The molecule has 3 nitrogen and oxygen atoms in total. The van der Waals surface area contributed by atoms with Crippen LogP contribution in [0.15, 0.2) is 12.1 Å². The van der Waals surface area contributed by atoms with Crippen molar-refractivity contribution < 1.29 is 9.47 Å². The summed E-state index contributed by atoms with van der Waals surface area (Å²) in [6, 6.07) is 4.14. The van der Waals surface area contributed by atoms with Crippen molar-refractivity contribution in [1.82, 2.24) is 5.32 Å². The SMILES string of the molecule is CCC(C)CC(NC)c1ccc(OC)c(Cl)c1OC. The van der Waals surface area contributed by atoms with Crippen molar-refractivity contribution in [2.75, 3.05) is 21.3 Å². The molecule has 108 valence electrons. The molecule has 0 spiro atoms. The maximum Gasteiger partial charge on any atom is 0.146 e. The third kappa shape index (κ3) is 3.77. The Morgan fingerprint density at radius 3 is 2.42 bits per heavy atom. The summed E-state index contributed by atoms with van der Waals surface area (Å²) in [5.41, 5.74) is 1.08. The Morgan fingerprint density at radius 1 is 1.26 bits per heavy atom. The summed E-state index contributed by atoms with van der Waals surface area (Å²) in [6.45, 7) is 4.46. The molecule has 0 radical (unpaired) electrons. The second-order valence-corrected chi connectivity index (χ2v) is 5.17. The fraction of sp³-hybridized carbons (Fsp3) is 0.600. The fourth-order valence-electron chi connectivity index (χ4n) is 2.16. The van der Waals surface area contributed by atoms with Gasteiger partial charge in [0.15, 0.2) is 0 Å². The molecule has 0 amide bonds. The lowest BCUT2D eigenvalue weighted by Crippen LogP contribution is -2.19. The van der Waals surface area contributed by atoms with E-state index in [1.54, 1.807) is 14.2 Å². The van der Waals surface area contributed by atoms with Gasteiger partial charge in [-0.1, -0.05) is 31.9 Å². The van der Waals surface area contributed by atoms with Crippen molar-refractivity contribution in [3.05, 3.63) is 22.7 Å². The van der Waals surface area contributed by atoms with E-state index in [1.165, 1.54) is 0 Å². The van der Waals surface area contributed by atoms with E-state index in [1.807, 2.05) is 19.2 Å². The van der Waals surface area contributed by atoms with Gasteiger partial charge in [0.1, 0.15) is 16.5 Å². The first kappa shape index (κ1) is 16.1.